The summed E-state index contributed by atoms with van der Waals surface area (Å²) in [5.74, 6) is 0. The van der Waals surface area contributed by atoms with Crippen molar-refractivity contribution in [2.75, 3.05) is 6.54 Å². The normalized spacial score (nSPS) is 10.5. The van der Waals surface area contributed by atoms with E-state index in [2.05, 4.69) is 46.5 Å². The third-order valence-corrected chi connectivity index (χ3v) is 3.37. The molecule has 3 nitrogen and oxygen atoms in total. The van der Waals surface area contributed by atoms with Crippen LogP contribution in [0, 0.1) is 0 Å². The quantitative estimate of drug-likeness (QED) is 0.809. The molecule has 1 aromatic carbocycles. The van der Waals surface area contributed by atoms with Crippen LogP contribution in [0.4, 0.5) is 0 Å². The van der Waals surface area contributed by atoms with E-state index in [-0.39, 0.29) is 0 Å². The average molecular weight is 259 g/mol. The van der Waals surface area contributed by atoms with E-state index in [4.69, 9.17) is 0 Å². The van der Waals surface area contributed by atoms with Gasteiger partial charge < -0.3 is 5.32 Å². The Hall–Kier alpha value is -1.39. The van der Waals surface area contributed by atoms with Crippen molar-refractivity contribution in [3.05, 3.63) is 48.4 Å². The van der Waals surface area contributed by atoms with E-state index in [0.717, 1.165) is 18.1 Å². The number of nitrogens with zero attached hydrogens (tertiary/aromatic N) is 2. The van der Waals surface area contributed by atoms with E-state index in [1.165, 1.54) is 16.9 Å². The van der Waals surface area contributed by atoms with Crippen molar-refractivity contribution in [2.45, 2.75) is 29.8 Å². The minimum Gasteiger partial charge on any atom is -0.313 e. The van der Waals surface area contributed by atoms with Crippen LogP contribution in [-0.2, 0) is 6.54 Å². The summed E-state index contributed by atoms with van der Waals surface area (Å²) in [7, 11) is 0. The van der Waals surface area contributed by atoms with E-state index in [0.29, 0.717) is 0 Å². The predicted octanol–water partition coefficient (Wildman–Crippen LogP) is 3.13. The number of aromatic nitrogens is 2. The number of rotatable bonds is 6. The Morgan fingerprint density at radius 3 is 2.67 bits per heavy atom. The predicted molar refractivity (Wildman–Crippen MR) is 74.6 cm³/mol. The Morgan fingerprint density at radius 2 is 2.00 bits per heavy atom. The van der Waals surface area contributed by atoms with Crippen LogP contribution in [0.15, 0.2) is 52.8 Å². The van der Waals surface area contributed by atoms with Crippen LogP contribution in [0.2, 0.25) is 0 Å². The molecule has 1 aromatic heterocycles. The fourth-order valence-electron chi connectivity index (χ4n) is 1.54. The van der Waals surface area contributed by atoms with Crippen molar-refractivity contribution in [1.29, 1.82) is 0 Å². The van der Waals surface area contributed by atoms with Crippen molar-refractivity contribution < 1.29 is 0 Å². The lowest BCUT2D eigenvalue weighted by atomic mass is 10.2. The molecule has 0 bridgehead atoms. The molecule has 4 heteroatoms. The van der Waals surface area contributed by atoms with Gasteiger partial charge in [0.1, 0.15) is 5.03 Å². The fraction of sp³-hybridized carbons (Fsp3) is 0.286. The summed E-state index contributed by atoms with van der Waals surface area (Å²) in [6.45, 7) is 4.17. The second-order valence-electron chi connectivity index (χ2n) is 3.97. The Morgan fingerprint density at radius 1 is 1.17 bits per heavy atom. The zero-order valence-corrected chi connectivity index (χ0v) is 11.3. The number of benzene rings is 1. The lowest BCUT2D eigenvalue weighted by Crippen LogP contribution is -2.13. The topological polar surface area (TPSA) is 37.8 Å². The Balaban J connectivity index is 1.91. The summed E-state index contributed by atoms with van der Waals surface area (Å²) in [6.07, 6.45) is 6.35. The zero-order valence-electron chi connectivity index (χ0n) is 10.5. The molecule has 2 rings (SSSR count). The molecule has 94 valence electrons. The molecule has 18 heavy (non-hydrogen) atoms. The van der Waals surface area contributed by atoms with Gasteiger partial charge in [0.2, 0.25) is 0 Å². The van der Waals surface area contributed by atoms with Crippen molar-refractivity contribution in [1.82, 2.24) is 15.3 Å². The highest BCUT2D eigenvalue weighted by molar-refractivity contribution is 7.99. The molecule has 0 atom stereocenters. The first-order valence-electron chi connectivity index (χ1n) is 6.12. The van der Waals surface area contributed by atoms with Gasteiger partial charge in [0.25, 0.3) is 0 Å². The van der Waals surface area contributed by atoms with Gasteiger partial charge in [0.15, 0.2) is 0 Å². The second kappa shape index (κ2) is 7.13. The molecule has 0 unspecified atom stereocenters. The molecule has 0 radical (unpaired) electrons. The van der Waals surface area contributed by atoms with Crippen LogP contribution in [-0.4, -0.2) is 16.5 Å². The van der Waals surface area contributed by atoms with Crippen LogP contribution >= 0.6 is 11.8 Å². The van der Waals surface area contributed by atoms with E-state index in [1.807, 2.05) is 0 Å². The van der Waals surface area contributed by atoms with E-state index < -0.39 is 0 Å². The summed E-state index contributed by atoms with van der Waals surface area (Å²) >= 11 is 1.63. The van der Waals surface area contributed by atoms with Crippen LogP contribution in [0.5, 0.6) is 0 Å². The van der Waals surface area contributed by atoms with Gasteiger partial charge in [-0.15, -0.1) is 0 Å². The fourth-order valence-corrected chi connectivity index (χ4v) is 2.28. The standard InChI is InChI=1S/C14H17N3S/c1-2-7-15-10-12-3-5-13(6-4-12)18-14-11-16-8-9-17-14/h3-6,8-9,11,15H,2,7,10H2,1H3. The van der Waals surface area contributed by atoms with Crippen molar-refractivity contribution in [3.63, 3.8) is 0 Å². The van der Waals surface area contributed by atoms with E-state index in [1.54, 1.807) is 30.4 Å². The molecular formula is C14H17N3S. The smallest absolute Gasteiger partial charge is 0.119 e. The van der Waals surface area contributed by atoms with Crippen LogP contribution in [0.25, 0.3) is 0 Å². The third-order valence-electron chi connectivity index (χ3n) is 2.44. The van der Waals surface area contributed by atoms with Gasteiger partial charge in [0.05, 0.1) is 6.20 Å². The van der Waals surface area contributed by atoms with Crippen LogP contribution in [0.3, 0.4) is 0 Å². The minimum absolute atomic E-state index is 0.925. The highest BCUT2D eigenvalue weighted by Gasteiger charge is 1.98. The minimum atomic E-state index is 0.925. The highest BCUT2D eigenvalue weighted by Crippen LogP contribution is 2.25. The summed E-state index contributed by atoms with van der Waals surface area (Å²) in [4.78, 5) is 9.49. The van der Waals surface area contributed by atoms with Gasteiger partial charge in [-0.1, -0.05) is 30.8 Å². The SMILES string of the molecule is CCCNCc1ccc(Sc2cnccn2)cc1. The number of hydrogen-bond acceptors (Lipinski definition) is 4. The molecule has 1 N–H and O–H groups in total. The van der Waals surface area contributed by atoms with Gasteiger partial charge in [-0.05, 0) is 30.7 Å². The molecule has 0 aliphatic heterocycles. The first kappa shape index (κ1) is 13.1. The molecule has 0 aliphatic carbocycles. The summed E-state index contributed by atoms with van der Waals surface area (Å²) < 4.78 is 0. The maximum Gasteiger partial charge on any atom is 0.119 e. The molecule has 2 aromatic rings. The van der Waals surface area contributed by atoms with Gasteiger partial charge in [-0.2, -0.15) is 0 Å². The Labute approximate surface area is 112 Å². The third kappa shape index (κ3) is 4.13. The molecule has 0 spiro atoms. The molecule has 1 heterocycles. The highest BCUT2D eigenvalue weighted by atomic mass is 32.2. The van der Waals surface area contributed by atoms with E-state index >= 15 is 0 Å². The molecule has 0 fully saturated rings. The van der Waals surface area contributed by atoms with Gasteiger partial charge in [-0.25, -0.2) is 4.98 Å². The van der Waals surface area contributed by atoms with Crippen molar-refractivity contribution >= 4 is 11.8 Å². The van der Waals surface area contributed by atoms with Gasteiger partial charge in [0, 0.05) is 23.8 Å². The molecular weight excluding hydrogens is 242 g/mol. The van der Waals surface area contributed by atoms with E-state index in [9.17, 15) is 0 Å². The zero-order chi connectivity index (χ0) is 12.6. The first-order valence-corrected chi connectivity index (χ1v) is 6.93. The average Bonchev–Trinajstić information content (AvgIpc) is 2.42. The number of hydrogen-bond donors (Lipinski definition) is 1. The monoisotopic (exact) mass is 259 g/mol. The largest absolute Gasteiger partial charge is 0.313 e. The summed E-state index contributed by atoms with van der Waals surface area (Å²) in [5.41, 5.74) is 1.31. The lowest BCUT2D eigenvalue weighted by Gasteiger charge is -2.04. The van der Waals surface area contributed by atoms with Crippen molar-refractivity contribution in [2.24, 2.45) is 0 Å². The van der Waals surface area contributed by atoms with Crippen LogP contribution in [0.1, 0.15) is 18.9 Å². The summed E-state index contributed by atoms with van der Waals surface area (Å²) in [6, 6.07) is 8.56. The maximum atomic E-state index is 4.25. The lowest BCUT2D eigenvalue weighted by molar-refractivity contribution is 0.675. The molecule has 0 saturated heterocycles. The van der Waals surface area contributed by atoms with Gasteiger partial charge >= 0.3 is 0 Å². The second-order valence-corrected chi connectivity index (χ2v) is 5.06. The Bertz CT molecular complexity index is 456. The van der Waals surface area contributed by atoms with Gasteiger partial charge in [-0.3, -0.25) is 4.98 Å². The van der Waals surface area contributed by atoms with Crippen LogP contribution < -0.4 is 5.32 Å². The molecule has 0 aliphatic rings. The Kier molecular flexibility index (Phi) is 5.17. The molecule has 0 saturated carbocycles. The molecule has 0 amide bonds. The van der Waals surface area contributed by atoms with Crippen molar-refractivity contribution in [3.8, 4) is 0 Å². The maximum absolute atomic E-state index is 4.25. The summed E-state index contributed by atoms with van der Waals surface area (Å²) in [5, 5.41) is 4.32. The first-order chi connectivity index (χ1) is 8.88. The number of nitrogens with one attached hydrogen (secondary N) is 1.